The number of rotatable bonds is 6. The molecule has 0 radical (unpaired) electrons. The van der Waals surface area contributed by atoms with Crippen molar-refractivity contribution in [2.24, 2.45) is 0 Å². The molecule has 0 amide bonds. The molecule has 0 saturated carbocycles. The maximum Gasteiger partial charge on any atom is 0.145 e. The van der Waals surface area contributed by atoms with Gasteiger partial charge in [0.2, 0.25) is 0 Å². The second kappa shape index (κ2) is 14.3. The van der Waals surface area contributed by atoms with E-state index in [0.29, 0.717) is 11.3 Å². The summed E-state index contributed by atoms with van der Waals surface area (Å²) in [6, 6.07) is 52.6. The van der Waals surface area contributed by atoms with Gasteiger partial charge in [0.1, 0.15) is 11.4 Å². The number of phenols is 1. The van der Waals surface area contributed by atoms with E-state index in [4.69, 9.17) is 15.0 Å². The number of benzene rings is 5. The Morgan fingerprint density at radius 2 is 1.10 bits per heavy atom. The number of nitrogens with zero attached hydrogens (tertiary/aromatic N) is 4. The van der Waals surface area contributed by atoms with Crippen LogP contribution < -0.4 is 0 Å². The Bertz CT molecular complexity index is 2950. The van der Waals surface area contributed by atoms with Crippen molar-refractivity contribution in [2.75, 3.05) is 0 Å². The first kappa shape index (κ1) is 36.8. The summed E-state index contributed by atoms with van der Waals surface area (Å²) < 4.78 is 2.24. The molecule has 0 fully saturated rings. The lowest BCUT2D eigenvalue weighted by Gasteiger charge is -2.26. The number of fused-ring (bicyclic) bond motifs is 3. The van der Waals surface area contributed by atoms with Gasteiger partial charge < -0.3 is 5.11 Å². The van der Waals surface area contributed by atoms with Crippen molar-refractivity contribution < 1.29 is 5.11 Å². The van der Waals surface area contributed by atoms with Crippen LogP contribution in [-0.4, -0.2) is 24.6 Å². The van der Waals surface area contributed by atoms with Gasteiger partial charge in [-0.25, -0.2) is 9.97 Å². The number of phenolic OH excluding ortho intramolecular Hbond substituents is 1. The lowest BCUT2D eigenvalue weighted by Crippen LogP contribution is -2.16. The van der Waals surface area contributed by atoms with Crippen molar-refractivity contribution >= 4 is 21.9 Å². The first-order valence-corrected chi connectivity index (χ1v) is 19.9. The molecular formula is C53H46N4O. The van der Waals surface area contributed by atoms with Gasteiger partial charge in [-0.05, 0) is 117 Å². The monoisotopic (exact) mass is 754 g/mol. The standard InChI is InChI=1S/C53H46N4O/c1-52(2,3)40-27-38(28-41(33-40)53(4,5)6)39-30-47(56-48(31-39)45-18-10-11-20-50(45)58)37-15-12-14-36(26-37)46-29-35(23-25-54-46)34-21-22-43-44-19-13-24-55-51(44)57(49(43)32-34)42-16-8-7-9-17-42/h7-33,58H,1-6H3. The maximum absolute atomic E-state index is 11.0. The van der Waals surface area contributed by atoms with Gasteiger partial charge in [0.25, 0.3) is 0 Å². The molecule has 4 heterocycles. The van der Waals surface area contributed by atoms with Gasteiger partial charge in [-0.15, -0.1) is 0 Å². The summed E-state index contributed by atoms with van der Waals surface area (Å²) in [7, 11) is 0. The normalized spacial score (nSPS) is 12.0. The number of pyridine rings is 3. The lowest BCUT2D eigenvalue weighted by molar-refractivity contribution is 0.477. The average Bonchev–Trinajstić information content (AvgIpc) is 3.57. The van der Waals surface area contributed by atoms with Crippen LogP contribution in [0.4, 0.5) is 0 Å². The molecule has 0 bridgehead atoms. The third-order valence-electron chi connectivity index (χ3n) is 11.1. The fourth-order valence-electron chi connectivity index (χ4n) is 7.80. The van der Waals surface area contributed by atoms with E-state index in [1.54, 1.807) is 6.07 Å². The highest BCUT2D eigenvalue weighted by Crippen LogP contribution is 2.39. The minimum atomic E-state index is -0.0362. The Morgan fingerprint density at radius 3 is 1.84 bits per heavy atom. The Hall–Kier alpha value is -6.85. The summed E-state index contributed by atoms with van der Waals surface area (Å²) in [4.78, 5) is 14.9. The summed E-state index contributed by atoms with van der Waals surface area (Å²) in [5, 5.41) is 13.3. The van der Waals surface area contributed by atoms with E-state index < -0.39 is 0 Å². The Kier molecular flexibility index (Phi) is 9.04. The highest BCUT2D eigenvalue weighted by molar-refractivity contribution is 6.09. The van der Waals surface area contributed by atoms with Gasteiger partial charge in [0, 0.05) is 45.5 Å². The summed E-state index contributed by atoms with van der Waals surface area (Å²) >= 11 is 0. The van der Waals surface area contributed by atoms with Gasteiger partial charge in [-0.3, -0.25) is 9.55 Å². The number of aromatic hydroxyl groups is 1. The van der Waals surface area contributed by atoms with Crippen molar-refractivity contribution in [3.63, 3.8) is 0 Å². The second-order valence-electron chi connectivity index (χ2n) is 17.2. The van der Waals surface area contributed by atoms with E-state index in [-0.39, 0.29) is 16.6 Å². The zero-order valence-corrected chi connectivity index (χ0v) is 33.8. The Morgan fingerprint density at radius 1 is 0.448 bits per heavy atom. The first-order valence-electron chi connectivity index (χ1n) is 19.9. The van der Waals surface area contributed by atoms with Gasteiger partial charge >= 0.3 is 0 Å². The summed E-state index contributed by atoms with van der Waals surface area (Å²) in [6.07, 6.45) is 3.75. The van der Waals surface area contributed by atoms with Crippen molar-refractivity contribution in [3.8, 4) is 67.5 Å². The van der Waals surface area contributed by atoms with Crippen molar-refractivity contribution in [2.45, 2.75) is 52.4 Å². The van der Waals surface area contributed by atoms with Gasteiger partial charge in [-0.1, -0.05) is 120 Å². The molecule has 0 unspecified atom stereocenters. The van der Waals surface area contributed by atoms with Crippen LogP contribution in [0.25, 0.3) is 83.6 Å². The Labute approximate surface area is 340 Å². The highest BCUT2D eigenvalue weighted by Gasteiger charge is 2.22. The summed E-state index contributed by atoms with van der Waals surface area (Å²) in [6.45, 7) is 13.6. The van der Waals surface area contributed by atoms with E-state index in [0.717, 1.165) is 72.4 Å². The van der Waals surface area contributed by atoms with E-state index in [1.165, 1.54) is 11.1 Å². The van der Waals surface area contributed by atoms with Gasteiger partial charge in [0.05, 0.1) is 22.6 Å². The van der Waals surface area contributed by atoms with E-state index >= 15 is 0 Å². The fourth-order valence-corrected chi connectivity index (χ4v) is 7.80. The van der Waals surface area contributed by atoms with Crippen LogP contribution in [0.5, 0.6) is 5.75 Å². The molecule has 0 aliphatic carbocycles. The zero-order valence-electron chi connectivity index (χ0n) is 33.8. The van der Waals surface area contributed by atoms with Crippen molar-refractivity contribution in [3.05, 3.63) is 175 Å². The van der Waals surface area contributed by atoms with E-state index in [9.17, 15) is 5.11 Å². The first-order chi connectivity index (χ1) is 27.9. The van der Waals surface area contributed by atoms with Crippen LogP contribution in [0.3, 0.4) is 0 Å². The average molecular weight is 755 g/mol. The minimum Gasteiger partial charge on any atom is -0.507 e. The van der Waals surface area contributed by atoms with E-state index in [2.05, 4.69) is 161 Å². The molecule has 1 N–H and O–H groups in total. The molecule has 284 valence electrons. The van der Waals surface area contributed by atoms with Crippen LogP contribution >= 0.6 is 0 Å². The Balaban J connectivity index is 1.15. The number of aromatic nitrogens is 4. The molecule has 0 aliphatic rings. The molecule has 0 aliphatic heterocycles. The lowest BCUT2D eigenvalue weighted by atomic mass is 9.79. The van der Waals surface area contributed by atoms with Gasteiger partial charge in [-0.2, -0.15) is 0 Å². The molecule has 0 saturated heterocycles. The molecule has 9 aromatic rings. The molecule has 4 aromatic heterocycles. The van der Waals surface area contributed by atoms with Crippen LogP contribution in [0.2, 0.25) is 0 Å². The quantitative estimate of drug-likeness (QED) is 0.184. The minimum absolute atomic E-state index is 0.0362. The van der Waals surface area contributed by atoms with E-state index in [1.807, 2.05) is 42.7 Å². The zero-order chi connectivity index (χ0) is 40.2. The van der Waals surface area contributed by atoms with Crippen LogP contribution in [0.1, 0.15) is 52.7 Å². The third kappa shape index (κ3) is 6.94. The predicted octanol–water partition coefficient (Wildman–Crippen LogP) is 13.6. The molecule has 58 heavy (non-hydrogen) atoms. The molecule has 5 heteroatoms. The molecule has 9 rings (SSSR count). The summed E-state index contributed by atoms with van der Waals surface area (Å²) in [5.41, 5.74) is 15.0. The van der Waals surface area contributed by atoms with Crippen LogP contribution in [-0.2, 0) is 10.8 Å². The molecule has 5 nitrogen and oxygen atoms in total. The van der Waals surface area contributed by atoms with Crippen LogP contribution in [0.15, 0.2) is 164 Å². The van der Waals surface area contributed by atoms with Crippen LogP contribution in [0, 0.1) is 0 Å². The summed E-state index contributed by atoms with van der Waals surface area (Å²) in [5.74, 6) is 0.199. The predicted molar refractivity (Wildman–Crippen MR) is 240 cm³/mol. The number of hydrogen-bond acceptors (Lipinski definition) is 4. The maximum atomic E-state index is 11.0. The smallest absolute Gasteiger partial charge is 0.145 e. The largest absolute Gasteiger partial charge is 0.507 e. The SMILES string of the molecule is CC(C)(C)c1cc(-c2cc(-c3cccc(-c4cc(-c5ccc6c7cccnc7n(-c7ccccc7)c6c5)ccn4)c3)nc(-c3ccccc3O)c2)cc(C(C)(C)C)c1. The second-order valence-corrected chi connectivity index (χ2v) is 17.2. The molecular weight excluding hydrogens is 709 g/mol. The van der Waals surface area contributed by atoms with Gasteiger partial charge in [0.15, 0.2) is 0 Å². The molecule has 0 atom stereocenters. The third-order valence-corrected chi connectivity index (χ3v) is 11.1. The molecule has 5 aromatic carbocycles. The topological polar surface area (TPSA) is 63.8 Å². The fraction of sp³-hybridized carbons (Fsp3) is 0.151. The molecule has 0 spiro atoms. The highest BCUT2D eigenvalue weighted by atomic mass is 16.3. The number of para-hydroxylation sites is 2. The van der Waals surface area contributed by atoms with Crippen molar-refractivity contribution in [1.82, 2.24) is 19.5 Å². The number of hydrogen-bond donors (Lipinski definition) is 1. The van der Waals surface area contributed by atoms with Crippen molar-refractivity contribution in [1.29, 1.82) is 0 Å².